The average Bonchev–Trinajstić information content (AvgIpc) is 2.99. The van der Waals surface area contributed by atoms with Gasteiger partial charge in [-0.25, -0.2) is 9.07 Å². The average molecular weight is 403 g/mol. The molecule has 0 radical (unpaired) electrons. The number of hydrogen-bond donors (Lipinski definition) is 1. The van der Waals surface area contributed by atoms with Crippen LogP contribution in [-0.4, -0.2) is 27.0 Å². The Kier molecular flexibility index (Phi) is 5.25. The second-order valence-electron chi connectivity index (χ2n) is 9.82. The number of nitrogens with one attached hydrogen (secondary N) is 1. The Balaban J connectivity index is 1.49. The molecule has 2 aliphatic carbocycles. The summed E-state index contributed by atoms with van der Waals surface area (Å²) in [6, 6.07) is 3.68. The van der Waals surface area contributed by atoms with Gasteiger partial charge in [0.2, 0.25) is 5.91 Å². The maximum absolute atomic E-state index is 14.6. The Morgan fingerprint density at radius 1 is 1.31 bits per heavy atom. The zero-order valence-corrected chi connectivity index (χ0v) is 17.7. The Bertz CT molecular complexity index is 878. The Morgan fingerprint density at radius 2 is 2.07 bits per heavy atom. The number of halogens is 1. The predicted molar refractivity (Wildman–Crippen MR) is 108 cm³/mol. The van der Waals surface area contributed by atoms with E-state index in [-0.39, 0.29) is 29.7 Å². The van der Waals surface area contributed by atoms with Gasteiger partial charge in [0, 0.05) is 18.1 Å². The molecule has 0 unspecified atom stereocenters. The van der Waals surface area contributed by atoms with Crippen LogP contribution in [0.15, 0.2) is 16.7 Å². The lowest BCUT2D eigenvalue weighted by molar-refractivity contribution is -0.115. The number of anilines is 1. The highest BCUT2D eigenvalue weighted by Gasteiger charge is 2.40. The minimum Gasteiger partial charge on any atom is -0.361 e. The third-order valence-corrected chi connectivity index (χ3v) is 6.00. The van der Waals surface area contributed by atoms with Crippen LogP contribution in [-0.2, 0) is 16.8 Å². The van der Waals surface area contributed by atoms with Crippen LogP contribution in [0.5, 0.6) is 0 Å². The van der Waals surface area contributed by atoms with Gasteiger partial charge in [-0.1, -0.05) is 18.0 Å². The summed E-state index contributed by atoms with van der Waals surface area (Å²) in [5.74, 6) is 2.00. The summed E-state index contributed by atoms with van der Waals surface area (Å²) < 4.78 is 21.6. The van der Waals surface area contributed by atoms with E-state index in [9.17, 15) is 9.18 Å². The van der Waals surface area contributed by atoms with Crippen molar-refractivity contribution < 1.29 is 13.7 Å². The monoisotopic (exact) mass is 402 g/mol. The third-order valence-electron chi connectivity index (χ3n) is 6.00. The molecule has 0 aliphatic heterocycles. The van der Waals surface area contributed by atoms with Crippen molar-refractivity contribution in [2.24, 2.45) is 11.8 Å². The quantitative estimate of drug-likeness (QED) is 0.757. The van der Waals surface area contributed by atoms with E-state index < -0.39 is 6.17 Å². The molecule has 2 heterocycles. The van der Waals surface area contributed by atoms with Crippen LogP contribution < -0.4 is 5.32 Å². The summed E-state index contributed by atoms with van der Waals surface area (Å²) in [7, 11) is 0. The molecule has 0 saturated heterocycles. The topological polar surface area (TPSA) is 73.0 Å². The predicted octanol–water partition coefficient (Wildman–Crippen LogP) is 4.75. The first-order chi connectivity index (χ1) is 13.7. The number of carbonyl (C=O) groups excluding carboxylic acids is 1. The summed E-state index contributed by atoms with van der Waals surface area (Å²) >= 11 is 0. The lowest BCUT2D eigenvalue weighted by atomic mass is 9.97. The molecule has 29 heavy (non-hydrogen) atoms. The molecule has 2 aromatic heterocycles. The van der Waals surface area contributed by atoms with Crippen molar-refractivity contribution in [1.82, 2.24) is 14.9 Å². The number of hydrogen-bond acceptors (Lipinski definition) is 4. The Morgan fingerprint density at radius 3 is 2.69 bits per heavy atom. The van der Waals surface area contributed by atoms with E-state index >= 15 is 0 Å². The van der Waals surface area contributed by atoms with Crippen LogP contribution in [0.2, 0.25) is 0 Å². The molecule has 6 nitrogen and oxygen atoms in total. The van der Waals surface area contributed by atoms with Crippen LogP contribution in [0, 0.1) is 18.8 Å². The van der Waals surface area contributed by atoms with Gasteiger partial charge in [0.05, 0.1) is 23.3 Å². The van der Waals surface area contributed by atoms with E-state index in [1.165, 1.54) is 12.8 Å². The van der Waals surface area contributed by atoms with Crippen molar-refractivity contribution in [2.75, 3.05) is 5.32 Å². The van der Waals surface area contributed by atoms with E-state index in [2.05, 4.69) is 10.5 Å². The maximum Gasteiger partial charge on any atom is 0.233 e. The smallest absolute Gasteiger partial charge is 0.233 e. The number of aryl methyl sites for hydroxylation is 1. The fourth-order valence-electron chi connectivity index (χ4n) is 4.38. The van der Waals surface area contributed by atoms with Crippen molar-refractivity contribution in [2.45, 2.75) is 83.8 Å². The minimum absolute atomic E-state index is 0.116. The highest BCUT2D eigenvalue weighted by atomic mass is 19.1. The van der Waals surface area contributed by atoms with Gasteiger partial charge in [-0.3, -0.25) is 4.79 Å². The summed E-state index contributed by atoms with van der Waals surface area (Å²) in [6.07, 6.45) is 4.28. The second kappa shape index (κ2) is 7.58. The van der Waals surface area contributed by atoms with E-state index in [0.29, 0.717) is 18.0 Å². The van der Waals surface area contributed by atoms with Gasteiger partial charge in [0.15, 0.2) is 0 Å². The molecule has 0 spiro atoms. The van der Waals surface area contributed by atoms with Crippen LogP contribution >= 0.6 is 0 Å². The maximum atomic E-state index is 14.6. The molecule has 1 N–H and O–H groups in total. The van der Waals surface area contributed by atoms with Gasteiger partial charge in [0.1, 0.15) is 17.7 Å². The normalized spacial score (nSPS) is 24.8. The molecular formula is C22H31FN4O2. The Labute approximate surface area is 171 Å². The fourth-order valence-corrected chi connectivity index (χ4v) is 4.38. The van der Waals surface area contributed by atoms with E-state index in [0.717, 1.165) is 30.1 Å². The fraction of sp³-hybridized carbons (Fsp3) is 0.682. The van der Waals surface area contributed by atoms with Crippen LogP contribution in [0.3, 0.4) is 0 Å². The van der Waals surface area contributed by atoms with Crippen molar-refractivity contribution in [3.63, 3.8) is 0 Å². The molecule has 0 aromatic carbocycles. The van der Waals surface area contributed by atoms with Crippen molar-refractivity contribution in [3.8, 4) is 0 Å². The summed E-state index contributed by atoms with van der Waals surface area (Å²) in [5.41, 5.74) is 1.33. The Hall–Kier alpha value is -2.18. The van der Waals surface area contributed by atoms with Crippen LogP contribution in [0.1, 0.15) is 75.9 Å². The number of aromatic nitrogens is 3. The first-order valence-corrected chi connectivity index (χ1v) is 10.7. The summed E-state index contributed by atoms with van der Waals surface area (Å²) in [5, 5.41) is 11.6. The summed E-state index contributed by atoms with van der Waals surface area (Å²) in [4.78, 5) is 12.5. The van der Waals surface area contributed by atoms with Crippen LogP contribution in [0.25, 0.3) is 0 Å². The van der Waals surface area contributed by atoms with Gasteiger partial charge in [-0.15, -0.1) is 0 Å². The van der Waals surface area contributed by atoms with Gasteiger partial charge in [-0.05, 0) is 58.8 Å². The van der Waals surface area contributed by atoms with Gasteiger partial charge in [-0.2, -0.15) is 5.10 Å². The third kappa shape index (κ3) is 4.70. The van der Waals surface area contributed by atoms with E-state index in [1.54, 1.807) is 6.07 Å². The summed E-state index contributed by atoms with van der Waals surface area (Å²) in [6.45, 7) is 7.95. The molecule has 7 heteroatoms. The molecule has 2 saturated carbocycles. The SMILES string of the molecule is Cc1cc(CC(=O)Nc2cc([C@@H]3C[C@H](CC4CC4)[C@@H](F)C3)nn2C(C)(C)C)on1. The zero-order chi connectivity index (χ0) is 20.8. The standard InChI is InChI=1S/C22H31FN4O2/c1-13-7-17(29-26-13)11-21(28)24-20-12-19(25-27(20)22(2,3)4)16-9-15(18(23)10-16)8-14-5-6-14/h7,12,14-16,18H,5-6,8-11H2,1-4H3,(H,24,28)/t15-,16+,18-/m0/s1. The van der Waals surface area contributed by atoms with Crippen LogP contribution in [0.4, 0.5) is 10.2 Å². The number of nitrogens with zero attached hydrogens (tertiary/aromatic N) is 3. The van der Waals surface area contributed by atoms with E-state index in [1.807, 2.05) is 38.4 Å². The van der Waals surface area contributed by atoms with E-state index in [4.69, 9.17) is 9.62 Å². The van der Waals surface area contributed by atoms with Crippen molar-refractivity contribution in [1.29, 1.82) is 0 Å². The molecule has 4 rings (SSSR count). The molecule has 0 bridgehead atoms. The highest BCUT2D eigenvalue weighted by Crippen LogP contribution is 2.47. The molecule has 3 atom stereocenters. The number of amides is 1. The minimum atomic E-state index is -0.742. The lowest BCUT2D eigenvalue weighted by Gasteiger charge is -2.22. The molecular weight excluding hydrogens is 371 g/mol. The van der Waals surface area contributed by atoms with Crippen molar-refractivity contribution >= 4 is 11.7 Å². The molecule has 2 aromatic rings. The number of rotatable bonds is 6. The van der Waals surface area contributed by atoms with Gasteiger partial charge < -0.3 is 9.84 Å². The molecule has 2 fully saturated rings. The lowest BCUT2D eigenvalue weighted by Crippen LogP contribution is -2.27. The number of alkyl halides is 1. The first kappa shape index (κ1) is 20.1. The second-order valence-corrected chi connectivity index (χ2v) is 9.82. The highest BCUT2D eigenvalue weighted by molar-refractivity contribution is 5.91. The first-order valence-electron chi connectivity index (χ1n) is 10.7. The molecule has 1 amide bonds. The van der Waals surface area contributed by atoms with Gasteiger partial charge in [0.25, 0.3) is 0 Å². The zero-order valence-electron chi connectivity index (χ0n) is 17.7. The molecule has 2 aliphatic rings. The molecule has 158 valence electrons. The number of carbonyl (C=O) groups is 1. The van der Waals surface area contributed by atoms with Gasteiger partial charge >= 0.3 is 0 Å². The largest absolute Gasteiger partial charge is 0.361 e. The van der Waals surface area contributed by atoms with Crippen molar-refractivity contribution in [3.05, 3.63) is 29.3 Å².